The van der Waals surface area contributed by atoms with Gasteiger partial charge in [0.25, 0.3) is 0 Å². The van der Waals surface area contributed by atoms with Crippen molar-refractivity contribution >= 4 is 11.7 Å². The lowest BCUT2D eigenvalue weighted by Gasteiger charge is -2.35. The number of nitrogens with two attached hydrogens (primary N) is 1. The predicted octanol–water partition coefficient (Wildman–Crippen LogP) is -0.166. The van der Waals surface area contributed by atoms with Gasteiger partial charge in [0, 0.05) is 37.4 Å². The number of aryl methyl sites for hydroxylation is 1. The summed E-state index contributed by atoms with van der Waals surface area (Å²) in [7, 11) is 0. The molecule has 1 fully saturated rings. The zero-order chi connectivity index (χ0) is 13.9. The molecular weight excluding hydrogens is 256 g/mol. The Balaban J connectivity index is 1.66. The molecule has 0 atom stereocenters. The van der Waals surface area contributed by atoms with E-state index in [1.807, 2.05) is 0 Å². The van der Waals surface area contributed by atoms with Crippen LogP contribution in [-0.2, 0) is 12.8 Å². The van der Waals surface area contributed by atoms with E-state index in [0.29, 0.717) is 6.54 Å². The van der Waals surface area contributed by atoms with Crippen LogP contribution in [0.25, 0.3) is 0 Å². The fourth-order valence-electron chi connectivity index (χ4n) is 2.99. The van der Waals surface area contributed by atoms with Crippen molar-refractivity contribution in [1.82, 2.24) is 14.9 Å². The van der Waals surface area contributed by atoms with E-state index >= 15 is 0 Å². The van der Waals surface area contributed by atoms with Gasteiger partial charge in [0.15, 0.2) is 5.84 Å². The summed E-state index contributed by atoms with van der Waals surface area (Å²) in [5.74, 6) is 1.37. The lowest BCUT2D eigenvalue weighted by molar-refractivity contribution is 0.278. The summed E-state index contributed by atoms with van der Waals surface area (Å²) in [6.07, 6.45) is 5.04. The van der Waals surface area contributed by atoms with Gasteiger partial charge in [0.2, 0.25) is 0 Å². The molecule has 1 aliphatic carbocycles. The van der Waals surface area contributed by atoms with E-state index in [4.69, 9.17) is 10.9 Å². The monoisotopic (exact) mass is 276 g/mol. The molecule has 7 heteroatoms. The highest BCUT2D eigenvalue weighted by atomic mass is 16.4. The number of rotatable bonds is 3. The van der Waals surface area contributed by atoms with E-state index in [1.54, 1.807) is 6.33 Å². The van der Waals surface area contributed by atoms with Crippen molar-refractivity contribution in [2.45, 2.75) is 19.3 Å². The number of piperazine rings is 1. The second kappa shape index (κ2) is 5.62. The SMILES string of the molecule is NC(CN1CCN(c2ncnc3c2CCC3)CC1)=NO. The van der Waals surface area contributed by atoms with E-state index in [2.05, 4.69) is 24.9 Å². The molecular formula is C13H20N6O. The Morgan fingerprint density at radius 1 is 1.25 bits per heavy atom. The van der Waals surface area contributed by atoms with Crippen LogP contribution in [0.1, 0.15) is 17.7 Å². The van der Waals surface area contributed by atoms with Crippen LogP contribution < -0.4 is 10.6 Å². The minimum absolute atomic E-state index is 0.265. The van der Waals surface area contributed by atoms with Gasteiger partial charge < -0.3 is 15.8 Å². The van der Waals surface area contributed by atoms with Crippen molar-refractivity contribution in [3.63, 3.8) is 0 Å². The van der Waals surface area contributed by atoms with Crippen LogP contribution in [-0.4, -0.2) is 58.6 Å². The van der Waals surface area contributed by atoms with Gasteiger partial charge in [0.1, 0.15) is 12.1 Å². The Morgan fingerprint density at radius 2 is 2.05 bits per heavy atom. The van der Waals surface area contributed by atoms with E-state index in [9.17, 15) is 0 Å². The number of hydrogen-bond acceptors (Lipinski definition) is 6. The van der Waals surface area contributed by atoms with E-state index in [-0.39, 0.29) is 5.84 Å². The van der Waals surface area contributed by atoms with Crippen LogP contribution in [0.4, 0.5) is 5.82 Å². The molecule has 20 heavy (non-hydrogen) atoms. The van der Waals surface area contributed by atoms with Gasteiger partial charge in [-0.25, -0.2) is 9.97 Å². The number of anilines is 1. The average Bonchev–Trinajstić information content (AvgIpc) is 2.96. The minimum atomic E-state index is 0.265. The van der Waals surface area contributed by atoms with Gasteiger partial charge >= 0.3 is 0 Å². The Bertz CT molecular complexity index is 510. The summed E-state index contributed by atoms with van der Waals surface area (Å²) in [6.45, 7) is 4.15. The quantitative estimate of drug-likeness (QED) is 0.345. The molecule has 1 saturated heterocycles. The first-order valence-corrected chi connectivity index (χ1v) is 7.04. The molecule has 0 spiro atoms. The van der Waals surface area contributed by atoms with Gasteiger partial charge in [-0.1, -0.05) is 5.16 Å². The molecule has 2 aliphatic rings. The van der Waals surface area contributed by atoms with Crippen LogP contribution >= 0.6 is 0 Å². The number of nitrogens with zero attached hydrogens (tertiary/aromatic N) is 5. The Hall–Kier alpha value is -1.89. The molecule has 0 unspecified atom stereocenters. The van der Waals surface area contributed by atoms with Crippen molar-refractivity contribution in [3.05, 3.63) is 17.6 Å². The number of hydrogen-bond donors (Lipinski definition) is 2. The fourth-order valence-corrected chi connectivity index (χ4v) is 2.99. The molecule has 1 aromatic rings. The molecule has 2 heterocycles. The van der Waals surface area contributed by atoms with Gasteiger partial charge in [-0.15, -0.1) is 0 Å². The maximum absolute atomic E-state index is 8.61. The summed E-state index contributed by atoms with van der Waals surface area (Å²) in [5, 5.41) is 11.6. The lowest BCUT2D eigenvalue weighted by atomic mass is 10.2. The zero-order valence-corrected chi connectivity index (χ0v) is 11.5. The topological polar surface area (TPSA) is 90.9 Å². The first kappa shape index (κ1) is 13.1. The van der Waals surface area contributed by atoms with Gasteiger partial charge in [-0.2, -0.15) is 0 Å². The molecule has 3 N–H and O–H groups in total. The fraction of sp³-hybridized carbons (Fsp3) is 0.615. The lowest BCUT2D eigenvalue weighted by Crippen LogP contribution is -2.49. The second-order valence-corrected chi connectivity index (χ2v) is 5.33. The van der Waals surface area contributed by atoms with Gasteiger partial charge in [-0.05, 0) is 19.3 Å². The standard InChI is InChI=1S/C13H20N6O/c14-12(17-20)8-18-4-6-19(7-5-18)13-10-2-1-3-11(10)15-9-16-13/h9,20H,1-8H2,(H2,14,17). The Morgan fingerprint density at radius 3 is 2.80 bits per heavy atom. The number of oxime groups is 1. The maximum atomic E-state index is 8.61. The maximum Gasteiger partial charge on any atom is 0.153 e. The van der Waals surface area contributed by atoms with Crippen LogP contribution in [0.3, 0.4) is 0 Å². The van der Waals surface area contributed by atoms with E-state index < -0.39 is 0 Å². The van der Waals surface area contributed by atoms with Crippen molar-refractivity contribution in [3.8, 4) is 0 Å². The van der Waals surface area contributed by atoms with Crippen molar-refractivity contribution in [2.24, 2.45) is 10.9 Å². The summed E-state index contributed by atoms with van der Waals surface area (Å²) < 4.78 is 0. The van der Waals surface area contributed by atoms with Crippen molar-refractivity contribution in [2.75, 3.05) is 37.6 Å². The highest BCUT2D eigenvalue weighted by molar-refractivity contribution is 5.81. The summed E-state index contributed by atoms with van der Waals surface area (Å²) >= 11 is 0. The third kappa shape index (κ3) is 2.53. The average molecular weight is 276 g/mol. The van der Waals surface area contributed by atoms with E-state index in [0.717, 1.165) is 44.8 Å². The van der Waals surface area contributed by atoms with Crippen LogP contribution in [0, 0.1) is 0 Å². The molecule has 0 bridgehead atoms. The van der Waals surface area contributed by atoms with Gasteiger partial charge in [0.05, 0.1) is 6.54 Å². The number of fused-ring (bicyclic) bond motifs is 1. The third-order valence-electron chi connectivity index (χ3n) is 4.04. The summed E-state index contributed by atoms with van der Waals surface area (Å²) in [4.78, 5) is 13.4. The molecule has 1 aliphatic heterocycles. The van der Waals surface area contributed by atoms with Crippen molar-refractivity contribution in [1.29, 1.82) is 0 Å². The molecule has 108 valence electrons. The Labute approximate surface area is 118 Å². The molecule has 0 saturated carbocycles. The predicted molar refractivity (Wildman–Crippen MR) is 76.1 cm³/mol. The minimum Gasteiger partial charge on any atom is -0.409 e. The molecule has 0 aromatic carbocycles. The highest BCUT2D eigenvalue weighted by Crippen LogP contribution is 2.28. The normalized spacial score (nSPS) is 20.2. The molecule has 7 nitrogen and oxygen atoms in total. The first-order valence-electron chi connectivity index (χ1n) is 7.04. The largest absolute Gasteiger partial charge is 0.409 e. The van der Waals surface area contributed by atoms with Crippen LogP contribution in [0.2, 0.25) is 0 Å². The Kier molecular flexibility index (Phi) is 3.68. The molecule has 0 radical (unpaired) electrons. The van der Waals surface area contributed by atoms with Crippen LogP contribution in [0.15, 0.2) is 11.5 Å². The molecule has 3 rings (SSSR count). The smallest absolute Gasteiger partial charge is 0.153 e. The first-order chi connectivity index (χ1) is 9.78. The molecule has 0 amide bonds. The zero-order valence-electron chi connectivity index (χ0n) is 11.5. The van der Waals surface area contributed by atoms with Crippen LogP contribution in [0.5, 0.6) is 0 Å². The highest BCUT2D eigenvalue weighted by Gasteiger charge is 2.24. The third-order valence-corrected chi connectivity index (χ3v) is 4.04. The van der Waals surface area contributed by atoms with E-state index in [1.165, 1.54) is 17.7 Å². The van der Waals surface area contributed by atoms with Crippen molar-refractivity contribution < 1.29 is 5.21 Å². The summed E-state index contributed by atoms with van der Waals surface area (Å²) in [5.41, 5.74) is 8.10. The summed E-state index contributed by atoms with van der Waals surface area (Å²) in [6, 6.07) is 0. The number of aromatic nitrogens is 2. The molecule has 1 aromatic heterocycles. The second-order valence-electron chi connectivity index (χ2n) is 5.33. The van der Waals surface area contributed by atoms with Gasteiger partial charge in [-0.3, -0.25) is 4.90 Å². The number of amidine groups is 1.